The van der Waals surface area contributed by atoms with Crippen LogP contribution in [-0.2, 0) is 19.4 Å². The number of hydrogen-bond donors (Lipinski definition) is 0. The number of hydrogen-bond acceptors (Lipinski definition) is 4. The second-order valence-electron chi connectivity index (χ2n) is 11.2. The quantitative estimate of drug-likeness (QED) is 0.224. The van der Waals surface area contributed by atoms with Crippen LogP contribution in [0.3, 0.4) is 0 Å². The molecule has 3 aromatic carbocycles. The van der Waals surface area contributed by atoms with E-state index >= 15 is 0 Å². The summed E-state index contributed by atoms with van der Waals surface area (Å²) >= 11 is 5.97. The standard InChI is InChI=1S/C34H38ClN3O3/c1-24-25(2)38(13-4-12-35)31-9-7-28(21-30(24)31)19-27-5-3-6-29(20-27)34(39)37-17-15-36(16-18-37)14-11-26-8-10-32-33(22-26)41-23-40-32/h3,5-10,20-22H,4,11-19,23H2,1-2H3. The molecule has 2 aliphatic rings. The maximum atomic E-state index is 13.4. The van der Waals surface area contributed by atoms with E-state index in [0.717, 1.165) is 81.2 Å². The van der Waals surface area contributed by atoms with Crippen molar-refractivity contribution in [2.24, 2.45) is 0 Å². The Hall–Kier alpha value is -3.48. The summed E-state index contributed by atoms with van der Waals surface area (Å²) in [5.41, 5.74) is 8.35. The van der Waals surface area contributed by atoms with Crippen molar-refractivity contribution in [2.45, 2.75) is 39.7 Å². The van der Waals surface area contributed by atoms with Gasteiger partial charge in [-0.15, -0.1) is 11.6 Å². The molecule has 2 aliphatic heterocycles. The molecule has 0 bridgehead atoms. The van der Waals surface area contributed by atoms with Crippen molar-refractivity contribution in [1.29, 1.82) is 0 Å². The number of piperazine rings is 1. The van der Waals surface area contributed by atoms with Gasteiger partial charge in [-0.1, -0.05) is 24.3 Å². The number of fused-ring (bicyclic) bond motifs is 2. The van der Waals surface area contributed by atoms with Crippen LogP contribution in [0, 0.1) is 13.8 Å². The van der Waals surface area contributed by atoms with Crippen LogP contribution in [0.4, 0.5) is 0 Å². The van der Waals surface area contributed by atoms with Gasteiger partial charge in [-0.3, -0.25) is 9.69 Å². The molecule has 41 heavy (non-hydrogen) atoms. The summed E-state index contributed by atoms with van der Waals surface area (Å²) < 4.78 is 13.3. The van der Waals surface area contributed by atoms with Gasteiger partial charge in [-0.25, -0.2) is 0 Å². The van der Waals surface area contributed by atoms with E-state index in [1.165, 1.54) is 33.3 Å². The molecule has 7 heteroatoms. The highest BCUT2D eigenvalue weighted by atomic mass is 35.5. The molecule has 6 rings (SSSR count). The van der Waals surface area contributed by atoms with Gasteiger partial charge in [0.25, 0.3) is 5.91 Å². The fraction of sp³-hybridized carbons (Fsp3) is 0.382. The summed E-state index contributed by atoms with van der Waals surface area (Å²) in [5, 5.41) is 1.30. The van der Waals surface area contributed by atoms with Crippen molar-refractivity contribution in [3.05, 3.63) is 94.2 Å². The molecule has 1 saturated heterocycles. The minimum atomic E-state index is 0.126. The lowest BCUT2D eigenvalue weighted by Crippen LogP contribution is -2.49. The molecule has 0 N–H and O–H groups in total. The van der Waals surface area contributed by atoms with Gasteiger partial charge in [0, 0.05) is 67.3 Å². The van der Waals surface area contributed by atoms with Crippen LogP contribution in [0.25, 0.3) is 10.9 Å². The topological polar surface area (TPSA) is 46.9 Å². The number of ether oxygens (including phenoxy) is 2. The van der Waals surface area contributed by atoms with Crippen molar-refractivity contribution in [3.8, 4) is 11.5 Å². The third-order valence-electron chi connectivity index (χ3n) is 8.61. The number of halogens is 1. The summed E-state index contributed by atoms with van der Waals surface area (Å²) in [7, 11) is 0. The number of aryl methyl sites for hydroxylation is 2. The zero-order chi connectivity index (χ0) is 28.3. The van der Waals surface area contributed by atoms with Gasteiger partial charge in [-0.2, -0.15) is 0 Å². The first-order chi connectivity index (χ1) is 20.0. The largest absolute Gasteiger partial charge is 0.454 e. The lowest BCUT2D eigenvalue weighted by Gasteiger charge is -2.34. The molecule has 6 nitrogen and oxygen atoms in total. The van der Waals surface area contributed by atoms with Crippen molar-refractivity contribution < 1.29 is 14.3 Å². The van der Waals surface area contributed by atoms with Gasteiger partial charge in [0.05, 0.1) is 0 Å². The van der Waals surface area contributed by atoms with E-state index in [2.05, 4.69) is 65.8 Å². The number of amides is 1. The summed E-state index contributed by atoms with van der Waals surface area (Å²) in [6, 6.07) is 21.1. The number of aromatic nitrogens is 1. The Bertz CT molecular complexity index is 1550. The molecular weight excluding hydrogens is 534 g/mol. The summed E-state index contributed by atoms with van der Waals surface area (Å²) in [6.07, 6.45) is 2.72. The van der Waals surface area contributed by atoms with Crippen LogP contribution in [-0.4, -0.2) is 65.7 Å². The van der Waals surface area contributed by atoms with Crippen LogP contribution in [0.5, 0.6) is 11.5 Å². The molecule has 0 atom stereocenters. The molecule has 0 radical (unpaired) electrons. The first kappa shape index (κ1) is 27.7. The Morgan fingerprint density at radius 1 is 0.854 bits per heavy atom. The minimum Gasteiger partial charge on any atom is -0.454 e. The second kappa shape index (κ2) is 12.2. The lowest BCUT2D eigenvalue weighted by molar-refractivity contribution is 0.0638. The molecule has 4 aromatic rings. The molecule has 1 aromatic heterocycles. The van der Waals surface area contributed by atoms with Crippen LogP contribution >= 0.6 is 11.6 Å². The highest BCUT2D eigenvalue weighted by Crippen LogP contribution is 2.32. The molecule has 214 valence electrons. The van der Waals surface area contributed by atoms with Crippen LogP contribution in [0.15, 0.2) is 60.7 Å². The van der Waals surface area contributed by atoms with E-state index in [0.29, 0.717) is 12.7 Å². The zero-order valence-corrected chi connectivity index (χ0v) is 24.8. The highest BCUT2D eigenvalue weighted by molar-refractivity contribution is 6.17. The van der Waals surface area contributed by atoms with E-state index in [9.17, 15) is 4.79 Å². The smallest absolute Gasteiger partial charge is 0.253 e. The fourth-order valence-electron chi connectivity index (χ4n) is 6.10. The van der Waals surface area contributed by atoms with E-state index in [4.69, 9.17) is 21.1 Å². The van der Waals surface area contributed by atoms with E-state index < -0.39 is 0 Å². The minimum absolute atomic E-state index is 0.126. The Labute approximate surface area is 247 Å². The molecule has 3 heterocycles. The molecule has 0 spiro atoms. The number of carbonyl (C=O) groups excluding carboxylic acids is 1. The average molecular weight is 572 g/mol. The van der Waals surface area contributed by atoms with Gasteiger partial charge in [0.15, 0.2) is 11.5 Å². The Morgan fingerprint density at radius 2 is 1.63 bits per heavy atom. The number of nitrogens with zero attached hydrogens (tertiary/aromatic N) is 3. The molecule has 1 amide bonds. The van der Waals surface area contributed by atoms with E-state index in [1.807, 2.05) is 23.1 Å². The molecule has 0 aliphatic carbocycles. The zero-order valence-electron chi connectivity index (χ0n) is 24.0. The number of rotatable bonds is 9. The monoisotopic (exact) mass is 571 g/mol. The number of alkyl halides is 1. The van der Waals surface area contributed by atoms with Crippen molar-refractivity contribution >= 4 is 28.4 Å². The van der Waals surface area contributed by atoms with Gasteiger partial charge >= 0.3 is 0 Å². The highest BCUT2D eigenvalue weighted by Gasteiger charge is 2.23. The van der Waals surface area contributed by atoms with Crippen LogP contribution in [0.2, 0.25) is 0 Å². The van der Waals surface area contributed by atoms with Crippen molar-refractivity contribution in [1.82, 2.24) is 14.4 Å². The summed E-state index contributed by atoms with van der Waals surface area (Å²) in [4.78, 5) is 17.9. The molecule has 1 fully saturated rings. The molecular formula is C34H38ClN3O3. The summed E-state index contributed by atoms with van der Waals surface area (Å²) in [6.45, 7) is 9.89. The Balaban J connectivity index is 1.06. The van der Waals surface area contributed by atoms with Crippen LogP contribution in [0.1, 0.15) is 44.7 Å². The third kappa shape index (κ3) is 5.95. The van der Waals surface area contributed by atoms with Gasteiger partial charge in [0.2, 0.25) is 6.79 Å². The van der Waals surface area contributed by atoms with Crippen LogP contribution < -0.4 is 9.47 Å². The van der Waals surface area contributed by atoms with Gasteiger partial charge < -0.3 is 18.9 Å². The Kier molecular flexibility index (Phi) is 8.22. The Morgan fingerprint density at radius 3 is 2.46 bits per heavy atom. The maximum absolute atomic E-state index is 13.4. The average Bonchev–Trinajstić information content (AvgIpc) is 3.57. The first-order valence-electron chi connectivity index (χ1n) is 14.6. The normalized spacial score (nSPS) is 15.1. The van der Waals surface area contributed by atoms with E-state index in [1.54, 1.807) is 0 Å². The number of carbonyl (C=O) groups is 1. The third-order valence-corrected chi connectivity index (χ3v) is 8.88. The van der Waals surface area contributed by atoms with Crippen molar-refractivity contribution in [3.63, 3.8) is 0 Å². The predicted molar refractivity (Wildman–Crippen MR) is 165 cm³/mol. The first-order valence-corrected chi connectivity index (χ1v) is 15.2. The van der Waals surface area contributed by atoms with Gasteiger partial charge in [0.1, 0.15) is 0 Å². The van der Waals surface area contributed by atoms with E-state index in [-0.39, 0.29) is 5.91 Å². The van der Waals surface area contributed by atoms with Crippen molar-refractivity contribution in [2.75, 3.05) is 45.4 Å². The second-order valence-corrected chi connectivity index (χ2v) is 11.6. The van der Waals surface area contributed by atoms with Gasteiger partial charge in [-0.05, 0) is 91.8 Å². The molecule has 0 unspecified atom stereocenters. The maximum Gasteiger partial charge on any atom is 0.253 e. The molecule has 0 saturated carbocycles. The fourth-order valence-corrected chi connectivity index (χ4v) is 6.22. The summed E-state index contributed by atoms with van der Waals surface area (Å²) in [5.74, 6) is 2.46. The number of benzene rings is 3. The predicted octanol–water partition coefficient (Wildman–Crippen LogP) is 6.21. The SMILES string of the molecule is Cc1c(C)n(CCCCl)c2ccc(Cc3cccc(C(=O)N4CCN(CCc5ccc6c(c5)OCO6)CC4)c3)cc12. The lowest BCUT2D eigenvalue weighted by atomic mass is 10.0.